The maximum atomic E-state index is 14.6. The Kier molecular flexibility index (Phi) is 13.2. The Balaban J connectivity index is 1.15. The van der Waals surface area contributed by atoms with Crippen molar-refractivity contribution in [3.8, 4) is 22.8 Å². The summed E-state index contributed by atoms with van der Waals surface area (Å²) in [6.07, 6.45) is 0.0816. The topological polar surface area (TPSA) is 199 Å². The second-order valence-electron chi connectivity index (χ2n) is 14.4. The number of primary amides is 1. The lowest BCUT2D eigenvalue weighted by Crippen LogP contribution is -2.49. The Labute approximate surface area is 346 Å². The summed E-state index contributed by atoms with van der Waals surface area (Å²) in [6, 6.07) is 42.5. The third-order valence-corrected chi connectivity index (χ3v) is 12.2. The van der Waals surface area contributed by atoms with Crippen LogP contribution in [0.5, 0.6) is 11.5 Å². The SMILES string of the molecule is NC(=O)[C@H](Cc1c[nH]c2ccccc12)NC(=O)C(Cc1cc(-c2cccc(Oc3ccccc3)c2)no1)CP(=O)(O)[C@H](Cc1ccccc1)NC(=O)OCc1ccccc1. The van der Waals surface area contributed by atoms with Gasteiger partial charge in [0.25, 0.3) is 0 Å². The monoisotopic (exact) mass is 825 g/mol. The summed E-state index contributed by atoms with van der Waals surface area (Å²) in [5.74, 6) is -2.65. The predicted molar refractivity (Wildman–Crippen MR) is 227 cm³/mol. The highest BCUT2D eigenvalue weighted by Gasteiger charge is 2.39. The maximum absolute atomic E-state index is 14.6. The van der Waals surface area contributed by atoms with Gasteiger partial charge in [0.05, 0.1) is 5.92 Å². The fourth-order valence-electron chi connectivity index (χ4n) is 6.88. The van der Waals surface area contributed by atoms with E-state index in [1.54, 1.807) is 72.9 Å². The summed E-state index contributed by atoms with van der Waals surface area (Å²) < 4.78 is 31.8. The van der Waals surface area contributed by atoms with E-state index in [1.165, 1.54) is 0 Å². The van der Waals surface area contributed by atoms with Crippen molar-refractivity contribution in [3.05, 3.63) is 174 Å². The Morgan fingerprint density at radius 2 is 1.43 bits per heavy atom. The van der Waals surface area contributed by atoms with E-state index in [9.17, 15) is 23.8 Å². The van der Waals surface area contributed by atoms with E-state index in [2.05, 4.69) is 20.8 Å². The number of carbonyl (C=O) groups excluding carboxylic acids is 3. The molecule has 0 fully saturated rings. The lowest BCUT2D eigenvalue weighted by Gasteiger charge is -2.28. The highest BCUT2D eigenvalue weighted by atomic mass is 31.2. The normalized spacial score (nSPS) is 13.7. The van der Waals surface area contributed by atoms with Crippen molar-refractivity contribution in [2.45, 2.75) is 37.7 Å². The van der Waals surface area contributed by atoms with Crippen molar-refractivity contribution in [2.24, 2.45) is 11.7 Å². The van der Waals surface area contributed by atoms with E-state index in [4.69, 9.17) is 19.7 Å². The standard InChI is InChI=1S/C46H44N5O8P/c47-44(52)42(26-34-28-48-40-22-11-10-21-39(34)40)49-45(53)35(25-38-27-41(51-59-38)33-17-12-20-37(24-33)58-36-18-8-3-9-19-36)30-60(55,56)43(23-31-13-4-1-5-14-31)50-46(54)57-29-32-15-6-2-7-16-32/h1-22,24,27-28,35,42-43,48H,23,25-26,29-30H2,(H2,47,52)(H,49,53)(H,50,54)(H,55,56)/t35?,42-,43+/m0/s1. The molecule has 13 nitrogen and oxygen atoms in total. The summed E-state index contributed by atoms with van der Waals surface area (Å²) >= 11 is 0. The number of amides is 3. The lowest BCUT2D eigenvalue weighted by atomic mass is 10.0. The molecule has 0 saturated carbocycles. The van der Waals surface area contributed by atoms with Crippen molar-refractivity contribution in [1.82, 2.24) is 20.8 Å². The number of nitrogens with two attached hydrogens (primary N) is 1. The van der Waals surface area contributed by atoms with Crippen molar-refractivity contribution < 1.29 is 37.8 Å². The number of alkyl carbamates (subject to hydrolysis) is 1. The molecule has 7 aromatic rings. The number of hydrogen-bond donors (Lipinski definition) is 5. The van der Waals surface area contributed by atoms with E-state index in [0.29, 0.717) is 28.3 Å². The average Bonchev–Trinajstić information content (AvgIpc) is 3.90. The molecule has 0 aliphatic heterocycles. The first kappa shape index (κ1) is 41.2. The van der Waals surface area contributed by atoms with Gasteiger partial charge in [0.1, 0.15) is 41.4 Å². The summed E-state index contributed by atoms with van der Waals surface area (Å²) in [5, 5.41) is 10.5. The van der Waals surface area contributed by atoms with Crippen LogP contribution in [0, 0.1) is 5.92 Å². The third-order valence-electron chi connectivity index (χ3n) is 9.98. The van der Waals surface area contributed by atoms with Crippen LogP contribution in [0.25, 0.3) is 22.2 Å². The second-order valence-corrected chi connectivity index (χ2v) is 16.9. The molecule has 0 saturated heterocycles. The van der Waals surface area contributed by atoms with Crippen molar-refractivity contribution >= 4 is 36.2 Å². The largest absolute Gasteiger partial charge is 0.457 e. The van der Waals surface area contributed by atoms with E-state index >= 15 is 0 Å². The Morgan fingerprint density at radius 1 is 0.767 bits per heavy atom. The zero-order chi connectivity index (χ0) is 41.9. The molecule has 0 aliphatic rings. The number of nitrogens with zero attached hydrogens (tertiary/aromatic N) is 1. The molecule has 6 N–H and O–H groups in total. The van der Waals surface area contributed by atoms with Gasteiger partial charge in [0, 0.05) is 54.2 Å². The molecule has 0 spiro atoms. The van der Waals surface area contributed by atoms with Gasteiger partial charge in [-0.1, -0.05) is 114 Å². The molecule has 2 heterocycles. The van der Waals surface area contributed by atoms with Crippen LogP contribution < -0.4 is 21.1 Å². The predicted octanol–water partition coefficient (Wildman–Crippen LogP) is 7.75. The third kappa shape index (κ3) is 11.0. The fourth-order valence-corrected chi connectivity index (χ4v) is 8.86. The Bertz CT molecular complexity index is 2580. The number of nitrogens with one attached hydrogen (secondary N) is 3. The molecule has 14 heteroatoms. The molecule has 5 aromatic carbocycles. The summed E-state index contributed by atoms with van der Waals surface area (Å²) in [5.41, 5.74) is 9.95. The molecule has 4 atom stereocenters. The van der Waals surface area contributed by atoms with Crippen LogP contribution in [0.1, 0.15) is 22.5 Å². The minimum atomic E-state index is -4.48. The quantitative estimate of drug-likeness (QED) is 0.0537. The Hall–Kier alpha value is -6.95. The minimum absolute atomic E-state index is 0.0400. The van der Waals surface area contributed by atoms with Gasteiger partial charge < -0.3 is 40.2 Å². The molecule has 2 unspecified atom stereocenters. The number of hydrogen-bond acceptors (Lipinski definition) is 8. The highest BCUT2D eigenvalue weighted by molar-refractivity contribution is 7.58. The molecule has 7 rings (SSSR count). The number of carbonyl (C=O) groups is 3. The maximum Gasteiger partial charge on any atom is 0.408 e. The number of H-pyrrole nitrogens is 1. The number of rotatable bonds is 18. The second kappa shape index (κ2) is 19.2. The van der Waals surface area contributed by atoms with Crippen molar-refractivity contribution in [2.75, 3.05) is 6.16 Å². The van der Waals surface area contributed by atoms with Crippen LogP contribution in [-0.2, 0) is 44.8 Å². The van der Waals surface area contributed by atoms with Gasteiger partial charge in [0.15, 0.2) is 0 Å². The van der Waals surface area contributed by atoms with Gasteiger partial charge in [-0.05, 0) is 47.0 Å². The summed E-state index contributed by atoms with van der Waals surface area (Å²) in [7, 11) is -4.48. The number of aromatic nitrogens is 2. The molecule has 60 heavy (non-hydrogen) atoms. The minimum Gasteiger partial charge on any atom is -0.457 e. The molecule has 0 radical (unpaired) electrons. The van der Waals surface area contributed by atoms with E-state index in [1.807, 2.05) is 78.9 Å². The number of ether oxygens (including phenoxy) is 2. The van der Waals surface area contributed by atoms with Gasteiger partial charge >= 0.3 is 6.09 Å². The summed E-state index contributed by atoms with van der Waals surface area (Å²) in [4.78, 5) is 55.5. The average molecular weight is 826 g/mol. The van der Waals surface area contributed by atoms with E-state index in [0.717, 1.165) is 22.0 Å². The first-order chi connectivity index (χ1) is 29.1. The summed E-state index contributed by atoms with van der Waals surface area (Å²) in [6.45, 7) is -0.0639. The Morgan fingerprint density at radius 3 is 2.17 bits per heavy atom. The highest BCUT2D eigenvalue weighted by Crippen LogP contribution is 2.49. The number of benzene rings is 5. The first-order valence-electron chi connectivity index (χ1n) is 19.4. The number of para-hydroxylation sites is 2. The van der Waals surface area contributed by atoms with E-state index < -0.39 is 49.2 Å². The van der Waals surface area contributed by atoms with Gasteiger partial charge in [0.2, 0.25) is 19.2 Å². The van der Waals surface area contributed by atoms with Crippen LogP contribution in [-0.4, -0.2) is 50.9 Å². The van der Waals surface area contributed by atoms with Crippen molar-refractivity contribution in [1.29, 1.82) is 0 Å². The van der Waals surface area contributed by atoms with Gasteiger partial charge in [-0.25, -0.2) is 4.79 Å². The fraction of sp³-hybridized carbons (Fsp3) is 0.174. The molecular formula is C46H44N5O8P. The van der Waals surface area contributed by atoms with Crippen LogP contribution in [0.15, 0.2) is 156 Å². The molecular weight excluding hydrogens is 782 g/mol. The van der Waals surface area contributed by atoms with Crippen molar-refractivity contribution in [3.63, 3.8) is 0 Å². The number of aromatic amines is 1. The molecule has 0 aliphatic carbocycles. The van der Waals surface area contributed by atoms with Crippen LogP contribution >= 0.6 is 7.37 Å². The molecule has 306 valence electrons. The molecule has 2 aromatic heterocycles. The van der Waals surface area contributed by atoms with Crippen LogP contribution in [0.4, 0.5) is 4.79 Å². The van der Waals surface area contributed by atoms with Gasteiger partial charge in [-0.3, -0.25) is 14.2 Å². The van der Waals surface area contributed by atoms with Crippen LogP contribution in [0.2, 0.25) is 0 Å². The smallest absolute Gasteiger partial charge is 0.408 e. The van der Waals surface area contributed by atoms with Gasteiger partial charge in [-0.15, -0.1) is 0 Å². The van der Waals surface area contributed by atoms with E-state index in [-0.39, 0.29) is 31.6 Å². The zero-order valence-corrected chi connectivity index (χ0v) is 33.4. The van der Waals surface area contributed by atoms with Gasteiger partial charge in [-0.2, -0.15) is 0 Å². The zero-order valence-electron chi connectivity index (χ0n) is 32.5. The number of fused-ring (bicyclic) bond motifs is 1. The van der Waals surface area contributed by atoms with Crippen LogP contribution in [0.3, 0.4) is 0 Å². The molecule has 0 bridgehead atoms. The first-order valence-corrected chi connectivity index (χ1v) is 21.3. The molecule has 3 amide bonds. The lowest BCUT2D eigenvalue weighted by molar-refractivity contribution is -0.129.